The van der Waals surface area contributed by atoms with Gasteiger partial charge in [-0.1, -0.05) is 0 Å². The zero-order valence-corrected chi connectivity index (χ0v) is 15.3. The third kappa shape index (κ3) is 3.59. The van der Waals surface area contributed by atoms with Gasteiger partial charge in [0.15, 0.2) is 6.10 Å². The second kappa shape index (κ2) is 7.51. The van der Waals surface area contributed by atoms with E-state index in [0.29, 0.717) is 24.2 Å². The summed E-state index contributed by atoms with van der Waals surface area (Å²) in [6.45, 7) is 4.89. The second-order valence-corrected chi connectivity index (χ2v) is 7.18. The summed E-state index contributed by atoms with van der Waals surface area (Å²) in [6, 6.07) is 9.95. The molecule has 3 atom stereocenters. The monoisotopic (exact) mass is 365 g/mol. The Morgan fingerprint density at radius 3 is 3.07 bits per heavy atom. The van der Waals surface area contributed by atoms with Crippen molar-refractivity contribution >= 4 is 22.5 Å². The fraction of sp³-hybridized carbons (Fsp3) is 0.450. The first kappa shape index (κ1) is 17.7. The number of morpholine rings is 1. The highest BCUT2D eigenvalue weighted by molar-refractivity contribution is 5.95. The van der Waals surface area contributed by atoms with Crippen molar-refractivity contribution in [2.75, 3.05) is 31.1 Å². The van der Waals surface area contributed by atoms with Crippen molar-refractivity contribution in [1.29, 1.82) is 5.26 Å². The van der Waals surface area contributed by atoms with E-state index >= 15 is 0 Å². The van der Waals surface area contributed by atoms with Gasteiger partial charge in [-0.2, -0.15) is 5.26 Å². The topological polar surface area (TPSA) is 90.3 Å². The van der Waals surface area contributed by atoms with Crippen LogP contribution in [-0.2, 0) is 9.53 Å². The molecule has 7 heteroatoms. The van der Waals surface area contributed by atoms with E-state index in [9.17, 15) is 10.1 Å². The molecule has 2 saturated heterocycles. The molecule has 0 radical (unpaired) electrons. The average Bonchev–Trinajstić information content (AvgIpc) is 3.19. The van der Waals surface area contributed by atoms with Crippen molar-refractivity contribution in [2.24, 2.45) is 0 Å². The van der Waals surface area contributed by atoms with Crippen molar-refractivity contribution in [2.45, 2.75) is 31.6 Å². The minimum Gasteiger partial charge on any atom is -0.365 e. The van der Waals surface area contributed by atoms with Crippen molar-refractivity contribution < 1.29 is 9.53 Å². The zero-order chi connectivity index (χ0) is 18.8. The van der Waals surface area contributed by atoms with E-state index in [0.717, 1.165) is 30.6 Å². The molecule has 140 valence electrons. The van der Waals surface area contributed by atoms with Gasteiger partial charge in [0.1, 0.15) is 6.07 Å². The lowest BCUT2D eigenvalue weighted by Crippen LogP contribution is -2.54. The Bertz CT molecular complexity index is 888. The number of hydrogen-bond donors (Lipinski definition) is 2. The van der Waals surface area contributed by atoms with Gasteiger partial charge in [0.25, 0.3) is 5.91 Å². The maximum atomic E-state index is 12.7. The van der Waals surface area contributed by atoms with Gasteiger partial charge >= 0.3 is 0 Å². The normalized spacial score (nSPS) is 25.3. The van der Waals surface area contributed by atoms with Gasteiger partial charge in [-0.25, -0.2) is 0 Å². The lowest BCUT2D eigenvalue weighted by molar-refractivity contribution is -0.137. The number of carbonyl (C=O) groups is 1. The first-order chi connectivity index (χ1) is 13.2. The summed E-state index contributed by atoms with van der Waals surface area (Å²) in [5.74, 6) is -0.0590. The molecule has 0 bridgehead atoms. The van der Waals surface area contributed by atoms with Gasteiger partial charge in [0, 0.05) is 36.4 Å². The van der Waals surface area contributed by atoms with Gasteiger partial charge in [0.2, 0.25) is 0 Å². The number of anilines is 1. The number of ether oxygens (including phenoxy) is 1. The summed E-state index contributed by atoms with van der Waals surface area (Å²) in [7, 11) is 0. The Kier molecular flexibility index (Phi) is 4.92. The first-order valence-corrected chi connectivity index (χ1v) is 9.35. The average molecular weight is 365 g/mol. The van der Waals surface area contributed by atoms with E-state index in [1.54, 1.807) is 12.3 Å². The van der Waals surface area contributed by atoms with Crippen molar-refractivity contribution in [3.05, 3.63) is 36.0 Å². The number of aromatic nitrogens is 1. The molecule has 2 aromatic rings. The molecule has 3 heterocycles. The Morgan fingerprint density at radius 1 is 1.41 bits per heavy atom. The van der Waals surface area contributed by atoms with Crippen LogP contribution in [0.1, 0.15) is 18.9 Å². The first-order valence-electron chi connectivity index (χ1n) is 9.35. The van der Waals surface area contributed by atoms with Crippen molar-refractivity contribution in [1.82, 2.24) is 15.6 Å². The maximum Gasteiger partial charge on any atom is 0.251 e. The maximum absolute atomic E-state index is 12.7. The lowest BCUT2D eigenvalue weighted by Gasteiger charge is -2.38. The Morgan fingerprint density at radius 2 is 2.30 bits per heavy atom. The van der Waals surface area contributed by atoms with Crippen LogP contribution in [0.3, 0.4) is 0 Å². The molecule has 0 aliphatic carbocycles. The molecule has 2 fully saturated rings. The summed E-state index contributed by atoms with van der Waals surface area (Å²) >= 11 is 0. The summed E-state index contributed by atoms with van der Waals surface area (Å²) in [5, 5.41) is 16.6. The smallest absolute Gasteiger partial charge is 0.251 e. The highest BCUT2D eigenvalue weighted by atomic mass is 16.5. The van der Waals surface area contributed by atoms with Gasteiger partial charge < -0.3 is 20.3 Å². The summed E-state index contributed by atoms with van der Waals surface area (Å²) in [4.78, 5) is 19.2. The molecule has 1 aromatic carbocycles. The third-order valence-electron chi connectivity index (χ3n) is 5.17. The molecule has 2 aliphatic heterocycles. The standard InChI is InChI=1S/C20H23N5O2/c1-13-11-25(12-18(27-13)20(26)24-15-6-8-22-10-15)17-5-4-14(9-21)19-16(17)3-2-7-23-19/h2-5,7,13,15,18,22H,6,8,10-12H2,1H3,(H,24,26)/t13-,15?,18-/m1/s1. The highest BCUT2D eigenvalue weighted by Gasteiger charge is 2.32. The fourth-order valence-electron chi connectivity index (χ4n) is 3.89. The van der Waals surface area contributed by atoms with E-state index in [1.165, 1.54) is 0 Å². The van der Waals surface area contributed by atoms with E-state index in [2.05, 4.69) is 26.6 Å². The van der Waals surface area contributed by atoms with Gasteiger partial charge in [-0.3, -0.25) is 9.78 Å². The number of nitrogens with one attached hydrogen (secondary N) is 2. The number of hydrogen-bond acceptors (Lipinski definition) is 6. The van der Waals surface area contributed by atoms with Crippen LogP contribution in [-0.4, -0.2) is 55.3 Å². The molecule has 4 rings (SSSR count). The minimum atomic E-state index is -0.517. The van der Waals surface area contributed by atoms with Crippen LogP contribution in [0.5, 0.6) is 0 Å². The zero-order valence-electron chi connectivity index (χ0n) is 15.3. The van der Waals surface area contributed by atoms with Crippen LogP contribution in [0.4, 0.5) is 5.69 Å². The van der Waals surface area contributed by atoms with Crippen LogP contribution in [0, 0.1) is 11.3 Å². The number of fused-ring (bicyclic) bond motifs is 1. The minimum absolute atomic E-state index is 0.0590. The third-order valence-corrected chi connectivity index (χ3v) is 5.17. The van der Waals surface area contributed by atoms with Crippen LogP contribution >= 0.6 is 0 Å². The predicted molar refractivity (Wildman–Crippen MR) is 102 cm³/mol. The molecular weight excluding hydrogens is 342 g/mol. The Hall–Kier alpha value is -2.69. The van der Waals surface area contributed by atoms with Crippen molar-refractivity contribution in [3.8, 4) is 6.07 Å². The largest absolute Gasteiger partial charge is 0.365 e. The molecule has 7 nitrogen and oxygen atoms in total. The number of amides is 1. The SMILES string of the molecule is C[C@@H]1CN(c2ccc(C#N)c3ncccc23)C[C@H](C(=O)NC2CCNC2)O1. The molecule has 27 heavy (non-hydrogen) atoms. The number of nitrogens with zero attached hydrogens (tertiary/aromatic N) is 3. The number of carbonyl (C=O) groups excluding carboxylic acids is 1. The highest BCUT2D eigenvalue weighted by Crippen LogP contribution is 2.30. The molecular formula is C20H23N5O2. The van der Waals surface area contributed by atoms with Gasteiger partial charge in [0.05, 0.1) is 23.7 Å². The Labute approximate surface area is 158 Å². The van der Waals surface area contributed by atoms with Crippen molar-refractivity contribution in [3.63, 3.8) is 0 Å². The van der Waals surface area contributed by atoms with Gasteiger partial charge in [-0.05, 0) is 44.2 Å². The molecule has 2 N–H and O–H groups in total. The number of rotatable bonds is 3. The molecule has 0 spiro atoms. The van der Waals surface area contributed by atoms with E-state index in [1.807, 2.05) is 25.1 Å². The summed E-state index contributed by atoms with van der Waals surface area (Å²) < 4.78 is 5.92. The van der Waals surface area contributed by atoms with E-state index in [-0.39, 0.29) is 18.1 Å². The predicted octanol–water partition coefficient (Wildman–Crippen LogP) is 1.18. The number of pyridine rings is 1. The number of nitriles is 1. The van der Waals surface area contributed by atoms with Crippen LogP contribution in [0.25, 0.3) is 10.9 Å². The number of benzene rings is 1. The van der Waals surface area contributed by atoms with Crippen LogP contribution in [0.15, 0.2) is 30.5 Å². The molecule has 1 amide bonds. The van der Waals surface area contributed by atoms with Crippen LogP contribution < -0.4 is 15.5 Å². The van der Waals surface area contributed by atoms with E-state index in [4.69, 9.17) is 4.74 Å². The Balaban J connectivity index is 1.59. The molecule has 2 aliphatic rings. The van der Waals surface area contributed by atoms with E-state index < -0.39 is 6.10 Å². The molecule has 0 saturated carbocycles. The quantitative estimate of drug-likeness (QED) is 0.849. The summed E-state index contributed by atoms with van der Waals surface area (Å²) in [5.41, 5.74) is 2.22. The second-order valence-electron chi connectivity index (χ2n) is 7.18. The molecule has 1 unspecified atom stereocenters. The fourth-order valence-corrected chi connectivity index (χ4v) is 3.89. The summed E-state index contributed by atoms with van der Waals surface area (Å²) in [6.07, 6.45) is 2.06. The lowest BCUT2D eigenvalue weighted by atomic mass is 10.1. The molecule has 1 aromatic heterocycles. The van der Waals surface area contributed by atoms with Gasteiger partial charge in [-0.15, -0.1) is 0 Å². The van der Waals surface area contributed by atoms with Crippen LogP contribution in [0.2, 0.25) is 0 Å².